The van der Waals surface area contributed by atoms with Crippen LogP contribution in [0.25, 0.3) is 10.9 Å². The van der Waals surface area contributed by atoms with E-state index in [4.69, 9.17) is 11.6 Å². The van der Waals surface area contributed by atoms with Gasteiger partial charge in [0.1, 0.15) is 0 Å². The first-order chi connectivity index (χ1) is 10.1. The SMILES string of the molecule is O=C(Nc1cc(Cl)cc2cccnc12)c1cc[nH]c(=O)c1. The number of H-pyrrole nitrogens is 1. The highest BCUT2D eigenvalue weighted by Crippen LogP contribution is 2.26. The maximum Gasteiger partial charge on any atom is 0.255 e. The van der Waals surface area contributed by atoms with E-state index < -0.39 is 5.91 Å². The summed E-state index contributed by atoms with van der Waals surface area (Å²) < 4.78 is 0. The minimum atomic E-state index is -0.393. The maximum atomic E-state index is 12.2. The molecule has 0 aliphatic rings. The lowest BCUT2D eigenvalue weighted by Crippen LogP contribution is -2.15. The van der Waals surface area contributed by atoms with Gasteiger partial charge in [0.25, 0.3) is 5.91 Å². The summed E-state index contributed by atoms with van der Waals surface area (Å²) in [7, 11) is 0. The first kappa shape index (κ1) is 13.3. The molecule has 0 aliphatic carbocycles. The third kappa shape index (κ3) is 2.78. The fourth-order valence-corrected chi connectivity index (χ4v) is 2.26. The predicted octanol–water partition coefficient (Wildman–Crippen LogP) is 2.83. The van der Waals surface area contributed by atoms with Crippen molar-refractivity contribution in [3.8, 4) is 0 Å². The second kappa shape index (κ2) is 5.38. The Labute approximate surface area is 124 Å². The van der Waals surface area contributed by atoms with Gasteiger partial charge in [-0.1, -0.05) is 17.7 Å². The largest absolute Gasteiger partial charge is 0.329 e. The molecule has 0 atom stereocenters. The predicted molar refractivity (Wildman–Crippen MR) is 81.8 cm³/mol. The molecule has 1 amide bonds. The standard InChI is InChI=1S/C15H10ClN3O2/c16-11-6-9-2-1-4-18-14(9)12(8-11)19-15(21)10-3-5-17-13(20)7-10/h1-8H,(H,17,20)(H,19,21). The Morgan fingerprint density at radius 1 is 1.24 bits per heavy atom. The number of hydrogen-bond donors (Lipinski definition) is 2. The van der Waals surface area contributed by atoms with Gasteiger partial charge in [-0.15, -0.1) is 0 Å². The molecule has 0 unspecified atom stereocenters. The lowest BCUT2D eigenvalue weighted by Gasteiger charge is -2.08. The first-order valence-corrected chi connectivity index (χ1v) is 6.56. The van der Waals surface area contributed by atoms with E-state index in [1.165, 1.54) is 18.3 Å². The van der Waals surface area contributed by atoms with Crippen LogP contribution in [-0.4, -0.2) is 15.9 Å². The van der Waals surface area contributed by atoms with Crippen LogP contribution in [0.2, 0.25) is 5.02 Å². The van der Waals surface area contributed by atoms with E-state index in [1.54, 1.807) is 24.4 Å². The molecule has 21 heavy (non-hydrogen) atoms. The second-order valence-corrected chi connectivity index (χ2v) is 4.86. The van der Waals surface area contributed by atoms with E-state index in [-0.39, 0.29) is 11.1 Å². The highest BCUT2D eigenvalue weighted by atomic mass is 35.5. The molecule has 1 aromatic carbocycles. The average Bonchev–Trinajstić information content (AvgIpc) is 2.47. The topological polar surface area (TPSA) is 74.8 Å². The molecule has 2 N–H and O–H groups in total. The van der Waals surface area contributed by atoms with Gasteiger partial charge in [0.05, 0.1) is 11.2 Å². The Bertz CT molecular complexity index is 889. The summed E-state index contributed by atoms with van der Waals surface area (Å²) in [4.78, 5) is 30.1. The minimum absolute atomic E-state index is 0.266. The number of anilines is 1. The van der Waals surface area contributed by atoms with Crippen LogP contribution >= 0.6 is 11.6 Å². The fraction of sp³-hybridized carbons (Fsp3) is 0. The van der Waals surface area contributed by atoms with Crippen molar-refractivity contribution in [1.29, 1.82) is 0 Å². The monoisotopic (exact) mass is 299 g/mol. The lowest BCUT2D eigenvalue weighted by molar-refractivity contribution is 0.102. The Kier molecular flexibility index (Phi) is 3.41. The summed E-state index contributed by atoms with van der Waals surface area (Å²) in [6, 6.07) is 9.80. The van der Waals surface area contributed by atoms with Gasteiger partial charge in [-0.2, -0.15) is 0 Å². The number of benzene rings is 1. The van der Waals surface area contributed by atoms with E-state index in [2.05, 4.69) is 15.3 Å². The molecule has 6 heteroatoms. The van der Waals surface area contributed by atoms with Crippen LogP contribution in [0.4, 0.5) is 5.69 Å². The Morgan fingerprint density at radius 2 is 2.10 bits per heavy atom. The normalized spacial score (nSPS) is 10.5. The van der Waals surface area contributed by atoms with Crippen LogP contribution in [0.1, 0.15) is 10.4 Å². The molecule has 104 valence electrons. The summed E-state index contributed by atoms with van der Waals surface area (Å²) in [6.07, 6.45) is 3.06. The number of aromatic amines is 1. The third-order valence-corrected chi connectivity index (χ3v) is 3.17. The van der Waals surface area contributed by atoms with Gasteiger partial charge in [0.15, 0.2) is 0 Å². The molecule has 5 nitrogen and oxygen atoms in total. The number of aromatic nitrogens is 2. The zero-order chi connectivity index (χ0) is 14.8. The van der Waals surface area contributed by atoms with E-state index in [0.717, 1.165) is 5.39 Å². The number of nitrogens with one attached hydrogen (secondary N) is 2. The summed E-state index contributed by atoms with van der Waals surface area (Å²) in [5, 5.41) is 4.05. The lowest BCUT2D eigenvalue weighted by atomic mass is 10.1. The second-order valence-electron chi connectivity index (χ2n) is 4.42. The highest BCUT2D eigenvalue weighted by molar-refractivity contribution is 6.32. The number of fused-ring (bicyclic) bond motifs is 1. The summed E-state index contributed by atoms with van der Waals surface area (Å²) in [5.74, 6) is -0.393. The highest BCUT2D eigenvalue weighted by Gasteiger charge is 2.10. The molecule has 2 aromatic heterocycles. The van der Waals surface area contributed by atoms with E-state index >= 15 is 0 Å². The Balaban J connectivity index is 2.02. The molecule has 0 aliphatic heterocycles. The fourth-order valence-electron chi connectivity index (χ4n) is 2.03. The van der Waals surface area contributed by atoms with E-state index in [0.29, 0.717) is 16.2 Å². The summed E-state index contributed by atoms with van der Waals surface area (Å²) in [5.41, 5.74) is 1.07. The smallest absolute Gasteiger partial charge is 0.255 e. The van der Waals surface area contributed by atoms with Crippen LogP contribution in [0.5, 0.6) is 0 Å². The molecule has 0 radical (unpaired) electrons. The molecule has 0 fully saturated rings. The molecule has 2 heterocycles. The number of amides is 1. The van der Waals surface area contributed by atoms with Gasteiger partial charge in [0, 0.05) is 34.4 Å². The minimum Gasteiger partial charge on any atom is -0.329 e. The summed E-state index contributed by atoms with van der Waals surface area (Å²) >= 11 is 6.04. The average molecular weight is 300 g/mol. The van der Waals surface area contributed by atoms with Gasteiger partial charge in [-0.05, 0) is 24.3 Å². The first-order valence-electron chi connectivity index (χ1n) is 6.18. The number of carbonyl (C=O) groups excluding carboxylic acids is 1. The van der Waals surface area contributed by atoms with Gasteiger partial charge in [0.2, 0.25) is 5.56 Å². The van der Waals surface area contributed by atoms with Gasteiger partial charge in [-0.3, -0.25) is 14.6 Å². The van der Waals surface area contributed by atoms with Crippen LogP contribution in [-0.2, 0) is 0 Å². The number of rotatable bonds is 2. The van der Waals surface area contributed by atoms with Gasteiger partial charge in [-0.25, -0.2) is 0 Å². The molecule has 3 rings (SSSR count). The Morgan fingerprint density at radius 3 is 2.90 bits per heavy atom. The van der Waals surface area contributed by atoms with Crippen molar-refractivity contribution in [2.75, 3.05) is 5.32 Å². The zero-order valence-corrected chi connectivity index (χ0v) is 11.5. The van der Waals surface area contributed by atoms with E-state index in [9.17, 15) is 9.59 Å². The molecule has 3 aromatic rings. The van der Waals surface area contributed by atoms with Gasteiger partial charge < -0.3 is 10.3 Å². The van der Waals surface area contributed by atoms with Crippen molar-refractivity contribution >= 4 is 34.1 Å². The van der Waals surface area contributed by atoms with Crippen molar-refractivity contribution < 1.29 is 4.79 Å². The molecular weight excluding hydrogens is 290 g/mol. The molecular formula is C15H10ClN3O2. The van der Waals surface area contributed by atoms with Crippen molar-refractivity contribution in [3.05, 3.63) is 69.7 Å². The molecule has 0 spiro atoms. The molecule has 0 bridgehead atoms. The quantitative estimate of drug-likeness (QED) is 0.764. The molecule has 0 saturated carbocycles. The van der Waals surface area contributed by atoms with Crippen molar-refractivity contribution in [2.24, 2.45) is 0 Å². The van der Waals surface area contributed by atoms with Crippen molar-refractivity contribution in [1.82, 2.24) is 9.97 Å². The van der Waals surface area contributed by atoms with E-state index in [1.807, 2.05) is 6.07 Å². The number of carbonyl (C=O) groups is 1. The van der Waals surface area contributed by atoms with Crippen molar-refractivity contribution in [2.45, 2.75) is 0 Å². The number of nitrogens with zero attached hydrogens (tertiary/aromatic N) is 1. The number of hydrogen-bond acceptors (Lipinski definition) is 3. The van der Waals surface area contributed by atoms with Crippen LogP contribution in [0.15, 0.2) is 53.6 Å². The third-order valence-electron chi connectivity index (χ3n) is 2.96. The molecule has 0 saturated heterocycles. The van der Waals surface area contributed by atoms with Gasteiger partial charge >= 0.3 is 0 Å². The van der Waals surface area contributed by atoms with Crippen molar-refractivity contribution in [3.63, 3.8) is 0 Å². The maximum absolute atomic E-state index is 12.2. The van der Waals surface area contributed by atoms with Crippen LogP contribution in [0.3, 0.4) is 0 Å². The number of halogens is 1. The van der Waals surface area contributed by atoms with Crippen LogP contribution in [0, 0.1) is 0 Å². The zero-order valence-electron chi connectivity index (χ0n) is 10.8. The summed E-state index contributed by atoms with van der Waals surface area (Å²) in [6.45, 7) is 0. The number of pyridine rings is 2. The van der Waals surface area contributed by atoms with Crippen LogP contribution < -0.4 is 10.9 Å². The Hall–Kier alpha value is -2.66.